The minimum Gasteiger partial charge on any atom is -0.369 e. The van der Waals surface area contributed by atoms with Crippen molar-refractivity contribution < 1.29 is 18.0 Å². The summed E-state index contributed by atoms with van der Waals surface area (Å²) >= 11 is 0. The molecule has 2 aromatic carbocycles. The molecule has 1 saturated heterocycles. The molecule has 154 valence electrons. The molecular weight excluding hydrogens is 390 g/mol. The fourth-order valence-electron chi connectivity index (χ4n) is 3.33. The summed E-state index contributed by atoms with van der Waals surface area (Å²) < 4.78 is 26.9. The van der Waals surface area contributed by atoms with Gasteiger partial charge in [-0.15, -0.1) is 0 Å². The van der Waals surface area contributed by atoms with E-state index in [1.54, 1.807) is 48.5 Å². The first kappa shape index (κ1) is 21.0. The molecule has 3 N–H and O–H groups in total. The molecule has 0 aliphatic carbocycles. The van der Waals surface area contributed by atoms with Crippen LogP contribution in [0.25, 0.3) is 0 Å². The molecule has 0 aromatic heterocycles. The van der Waals surface area contributed by atoms with E-state index in [9.17, 15) is 18.0 Å². The summed E-state index contributed by atoms with van der Waals surface area (Å²) in [5, 5.41) is 2.79. The van der Waals surface area contributed by atoms with Gasteiger partial charge < -0.3 is 11.1 Å². The van der Waals surface area contributed by atoms with E-state index < -0.39 is 15.9 Å². The van der Waals surface area contributed by atoms with Crippen molar-refractivity contribution in [1.29, 1.82) is 0 Å². The lowest BCUT2D eigenvalue weighted by atomic mass is 10.1. The van der Waals surface area contributed by atoms with E-state index >= 15 is 0 Å². The number of primary amides is 1. The van der Waals surface area contributed by atoms with Crippen LogP contribution in [0.2, 0.25) is 0 Å². The summed E-state index contributed by atoms with van der Waals surface area (Å²) in [5.74, 6) is -0.619. The van der Waals surface area contributed by atoms with Crippen molar-refractivity contribution in [2.24, 2.45) is 5.73 Å². The van der Waals surface area contributed by atoms with E-state index in [1.165, 1.54) is 4.31 Å². The first-order chi connectivity index (χ1) is 13.8. The first-order valence-electron chi connectivity index (χ1n) is 9.61. The monoisotopic (exact) mass is 415 g/mol. The summed E-state index contributed by atoms with van der Waals surface area (Å²) in [6.45, 7) is 1.12. The van der Waals surface area contributed by atoms with Crippen LogP contribution in [0.1, 0.15) is 30.4 Å². The molecule has 7 nitrogen and oxygen atoms in total. The van der Waals surface area contributed by atoms with Crippen LogP contribution in [0.5, 0.6) is 0 Å². The Kier molecular flexibility index (Phi) is 6.66. The van der Waals surface area contributed by atoms with E-state index in [0.717, 1.165) is 30.4 Å². The summed E-state index contributed by atoms with van der Waals surface area (Å²) in [6, 6.07) is 13.4. The maximum Gasteiger partial charge on any atom is 0.243 e. The molecule has 1 heterocycles. The molecule has 8 heteroatoms. The van der Waals surface area contributed by atoms with Crippen LogP contribution < -0.4 is 11.1 Å². The van der Waals surface area contributed by atoms with Gasteiger partial charge in [0.15, 0.2) is 0 Å². The van der Waals surface area contributed by atoms with E-state index in [4.69, 9.17) is 5.73 Å². The highest BCUT2D eigenvalue weighted by Gasteiger charge is 2.25. The largest absolute Gasteiger partial charge is 0.369 e. The fourth-order valence-corrected chi connectivity index (χ4v) is 4.85. The second-order valence-corrected chi connectivity index (χ2v) is 9.11. The van der Waals surface area contributed by atoms with Crippen LogP contribution in [0.15, 0.2) is 53.4 Å². The van der Waals surface area contributed by atoms with Crippen molar-refractivity contribution >= 4 is 27.5 Å². The molecule has 0 radical (unpaired) electrons. The van der Waals surface area contributed by atoms with Gasteiger partial charge in [0, 0.05) is 18.8 Å². The summed E-state index contributed by atoms with van der Waals surface area (Å²) in [5.41, 5.74) is 7.28. The van der Waals surface area contributed by atoms with Gasteiger partial charge in [0.25, 0.3) is 0 Å². The van der Waals surface area contributed by atoms with Gasteiger partial charge in [0.1, 0.15) is 0 Å². The average Bonchev–Trinajstić information content (AvgIpc) is 2.70. The van der Waals surface area contributed by atoms with Gasteiger partial charge in [0.2, 0.25) is 21.8 Å². The molecule has 0 atom stereocenters. The number of carbonyl (C=O) groups is 2. The number of rotatable bonds is 7. The number of hydrogen-bond acceptors (Lipinski definition) is 4. The SMILES string of the molecule is NC(=O)Cc1ccc(NC(=O)Cc2ccc(S(=O)(=O)N3CCCCC3)cc2)cc1. The van der Waals surface area contributed by atoms with E-state index in [1.807, 2.05) is 0 Å². The van der Waals surface area contributed by atoms with Crippen molar-refractivity contribution in [3.05, 3.63) is 59.7 Å². The molecule has 2 amide bonds. The van der Waals surface area contributed by atoms with Gasteiger partial charge in [-0.1, -0.05) is 30.7 Å². The van der Waals surface area contributed by atoms with Gasteiger partial charge in [-0.3, -0.25) is 9.59 Å². The second-order valence-electron chi connectivity index (χ2n) is 7.17. The normalized spacial score (nSPS) is 15.0. The highest BCUT2D eigenvalue weighted by molar-refractivity contribution is 7.89. The smallest absolute Gasteiger partial charge is 0.243 e. The Morgan fingerprint density at radius 2 is 1.41 bits per heavy atom. The minimum absolute atomic E-state index is 0.132. The van der Waals surface area contributed by atoms with Gasteiger partial charge in [-0.05, 0) is 48.2 Å². The van der Waals surface area contributed by atoms with Crippen LogP contribution in [0.4, 0.5) is 5.69 Å². The van der Waals surface area contributed by atoms with Gasteiger partial charge in [0.05, 0.1) is 17.7 Å². The average molecular weight is 416 g/mol. The quantitative estimate of drug-likeness (QED) is 0.721. The van der Waals surface area contributed by atoms with Crippen LogP contribution in [0, 0.1) is 0 Å². The number of piperidine rings is 1. The van der Waals surface area contributed by atoms with E-state index in [0.29, 0.717) is 18.8 Å². The Bertz CT molecular complexity index is 964. The highest BCUT2D eigenvalue weighted by atomic mass is 32.2. The topological polar surface area (TPSA) is 110 Å². The Morgan fingerprint density at radius 3 is 2.00 bits per heavy atom. The summed E-state index contributed by atoms with van der Waals surface area (Å²) in [6.07, 6.45) is 3.13. The second kappa shape index (κ2) is 9.19. The third-order valence-corrected chi connectivity index (χ3v) is 6.77. The molecule has 0 spiro atoms. The standard InChI is InChI=1S/C21H25N3O4S/c22-20(25)14-16-4-8-18(9-5-16)23-21(26)15-17-6-10-19(11-7-17)29(27,28)24-12-2-1-3-13-24/h4-11H,1-3,12-15H2,(H2,22,25)(H,23,26). The van der Waals surface area contributed by atoms with Crippen LogP contribution in [-0.2, 0) is 32.5 Å². The van der Waals surface area contributed by atoms with E-state index in [-0.39, 0.29) is 23.6 Å². The maximum absolute atomic E-state index is 12.7. The molecule has 1 fully saturated rings. The Balaban J connectivity index is 1.59. The van der Waals surface area contributed by atoms with Gasteiger partial charge in [-0.25, -0.2) is 8.42 Å². The number of carbonyl (C=O) groups excluding carboxylic acids is 2. The number of amides is 2. The number of nitrogens with two attached hydrogens (primary N) is 1. The van der Waals surface area contributed by atoms with E-state index in [2.05, 4.69) is 5.32 Å². The third kappa shape index (κ3) is 5.65. The molecule has 3 rings (SSSR count). The molecule has 0 saturated carbocycles. The number of nitrogens with zero attached hydrogens (tertiary/aromatic N) is 1. The zero-order valence-electron chi connectivity index (χ0n) is 16.1. The van der Waals surface area contributed by atoms with Crippen molar-refractivity contribution in [3.8, 4) is 0 Å². The first-order valence-corrected chi connectivity index (χ1v) is 11.0. The molecular formula is C21H25N3O4S. The van der Waals surface area contributed by atoms with Crippen molar-refractivity contribution in [3.63, 3.8) is 0 Å². The molecule has 2 aromatic rings. The number of benzene rings is 2. The molecule has 0 bridgehead atoms. The van der Waals surface area contributed by atoms with Gasteiger partial charge >= 0.3 is 0 Å². The van der Waals surface area contributed by atoms with Crippen molar-refractivity contribution in [2.75, 3.05) is 18.4 Å². The third-order valence-electron chi connectivity index (χ3n) is 4.86. The lowest BCUT2D eigenvalue weighted by Gasteiger charge is -2.25. The van der Waals surface area contributed by atoms with Crippen LogP contribution >= 0.6 is 0 Å². The summed E-state index contributed by atoms with van der Waals surface area (Å²) in [4.78, 5) is 23.4. The highest BCUT2D eigenvalue weighted by Crippen LogP contribution is 2.21. The molecule has 1 aliphatic rings. The molecule has 0 unspecified atom stereocenters. The van der Waals surface area contributed by atoms with Crippen LogP contribution in [-0.4, -0.2) is 37.6 Å². The number of nitrogens with one attached hydrogen (secondary N) is 1. The summed E-state index contributed by atoms with van der Waals surface area (Å²) in [7, 11) is -3.47. The molecule has 1 aliphatic heterocycles. The predicted molar refractivity (Wildman–Crippen MR) is 111 cm³/mol. The lowest BCUT2D eigenvalue weighted by molar-refractivity contribution is -0.117. The zero-order chi connectivity index (χ0) is 20.9. The van der Waals surface area contributed by atoms with Crippen molar-refractivity contribution in [2.45, 2.75) is 37.0 Å². The Morgan fingerprint density at radius 1 is 0.862 bits per heavy atom. The Labute approximate surface area is 171 Å². The number of hydrogen-bond donors (Lipinski definition) is 2. The van der Waals surface area contributed by atoms with Crippen LogP contribution in [0.3, 0.4) is 0 Å². The lowest BCUT2D eigenvalue weighted by Crippen LogP contribution is -2.35. The zero-order valence-corrected chi connectivity index (χ0v) is 17.0. The number of anilines is 1. The van der Waals surface area contributed by atoms with Crippen molar-refractivity contribution in [1.82, 2.24) is 4.31 Å². The molecule has 29 heavy (non-hydrogen) atoms. The van der Waals surface area contributed by atoms with Gasteiger partial charge in [-0.2, -0.15) is 4.31 Å². The minimum atomic E-state index is -3.47. The fraction of sp³-hybridized carbons (Fsp3) is 0.333. The Hall–Kier alpha value is -2.71. The number of sulfonamides is 1. The maximum atomic E-state index is 12.7. The predicted octanol–water partition coefficient (Wildman–Crippen LogP) is 2.07.